The fraction of sp³-hybridized carbons (Fsp3) is 0.226. The number of aldehydes is 1. The molecule has 0 unspecified atom stereocenters. The number of alkyl halides is 3. The van der Waals surface area contributed by atoms with Crippen LogP contribution in [0.15, 0.2) is 66.7 Å². The third kappa shape index (κ3) is 6.21. The minimum atomic E-state index is -4.99. The lowest BCUT2D eigenvalue weighted by atomic mass is 10.1. The van der Waals surface area contributed by atoms with E-state index in [1.165, 1.54) is 60.5 Å². The SMILES string of the molecule is CN(C(=O)c1cccc(-n2nc(C(F)(F)F)c(C=O)c2Oc2ccc(C(=O)OC(C)(C)C)cc2)c1)c1ccc2c(c1)OCO2. The van der Waals surface area contributed by atoms with Crippen LogP contribution < -0.4 is 19.1 Å². The van der Waals surface area contributed by atoms with E-state index in [2.05, 4.69) is 5.10 Å². The molecule has 0 spiro atoms. The molecule has 0 saturated carbocycles. The molecule has 5 rings (SSSR count). The Hall–Kier alpha value is -5.33. The lowest BCUT2D eigenvalue weighted by Gasteiger charge is -2.19. The van der Waals surface area contributed by atoms with Gasteiger partial charge in [-0.3, -0.25) is 9.59 Å². The average Bonchev–Trinajstić information content (AvgIpc) is 3.60. The number of ether oxygens (including phenoxy) is 4. The van der Waals surface area contributed by atoms with Gasteiger partial charge in [-0.25, -0.2) is 4.79 Å². The third-order valence-corrected chi connectivity index (χ3v) is 6.35. The summed E-state index contributed by atoms with van der Waals surface area (Å²) in [5.41, 5.74) is -2.23. The molecule has 1 amide bonds. The zero-order chi connectivity index (χ0) is 31.8. The van der Waals surface area contributed by atoms with Crippen molar-refractivity contribution in [3.63, 3.8) is 0 Å². The molecular formula is C31H26F3N3O7. The van der Waals surface area contributed by atoms with E-state index in [-0.39, 0.29) is 35.6 Å². The summed E-state index contributed by atoms with van der Waals surface area (Å²) in [6.45, 7) is 5.19. The molecule has 1 aliphatic rings. The molecule has 0 N–H and O–H groups in total. The summed E-state index contributed by atoms with van der Waals surface area (Å²) < 4.78 is 64.4. The average molecular weight is 610 g/mol. The smallest absolute Gasteiger partial charge is 0.436 e. The summed E-state index contributed by atoms with van der Waals surface area (Å²) in [5.74, 6) is -0.599. The van der Waals surface area contributed by atoms with Gasteiger partial charge in [0.2, 0.25) is 12.7 Å². The minimum absolute atomic E-state index is 0.000854. The van der Waals surface area contributed by atoms with Crippen molar-refractivity contribution >= 4 is 23.9 Å². The maximum Gasteiger partial charge on any atom is 0.436 e. The molecule has 0 aliphatic carbocycles. The van der Waals surface area contributed by atoms with Gasteiger partial charge in [-0.05, 0) is 75.4 Å². The summed E-state index contributed by atoms with van der Waals surface area (Å²) in [5, 5.41) is 3.65. The van der Waals surface area contributed by atoms with Crippen LogP contribution in [-0.4, -0.2) is 47.4 Å². The molecule has 0 fully saturated rings. The number of hydrogen-bond acceptors (Lipinski definition) is 8. The molecule has 2 heterocycles. The van der Waals surface area contributed by atoms with Crippen LogP contribution in [0.1, 0.15) is 57.5 Å². The Morgan fingerprint density at radius 2 is 1.66 bits per heavy atom. The Morgan fingerprint density at radius 1 is 0.955 bits per heavy atom. The van der Waals surface area contributed by atoms with E-state index in [4.69, 9.17) is 18.9 Å². The molecule has 1 aliphatic heterocycles. The van der Waals surface area contributed by atoms with E-state index in [9.17, 15) is 27.6 Å². The number of rotatable bonds is 7. The highest BCUT2D eigenvalue weighted by Crippen LogP contribution is 2.39. The van der Waals surface area contributed by atoms with Gasteiger partial charge in [0.25, 0.3) is 5.91 Å². The first-order chi connectivity index (χ1) is 20.7. The van der Waals surface area contributed by atoms with Crippen molar-refractivity contribution in [2.75, 3.05) is 18.7 Å². The van der Waals surface area contributed by atoms with Crippen molar-refractivity contribution in [3.05, 3.63) is 89.1 Å². The van der Waals surface area contributed by atoms with Crippen LogP contribution in [0.4, 0.5) is 18.9 Å². The molecule has 0 bridgehead atoms. The Balaban J connectivity index is 1.49. The molecule has 1 aromatic heterocycles. The zero-order valence-electron chi connectivity index (χ0n) is 24.0. The molecule has 10 nitrogen and oxygen atoms in total. The van der Waals surface area contributed by atoms with Crippen LogP contribution in [-0.2, 0) is 10.9 Å². The van der Waals surface area contributed by atoms with Crippen molar-refractivity contribution < 1.29 is 46.5 Å². The molecule has 4 aromatic rings. The van der Waals surface area contributed by atoms with Gasteiger partial charge in [0.05, 0.1) is 11.3 Å². The standard InChI is InChI=1S/C31H26F3N3O7/c1-30(2,3)44-29(40)18-8-11-22(12-9-18)43-28-23(16-38)26(31(32,33)34)35-37(28)21-7-5-6-19(14-21)27(39)36(4)20-10-13-24-25(15-20)42-17-41-24/h5-16H,17H2,1-4H3. The van der Waals surface area contributed by atoms with Crippen molar-refractivity contribution in [3.8, 4) is 28.8 Å². The first-order valence-corrected chi connectivity index (χ1v) is 13.2. The van der Waals surface area contributed by atoms with Gasteiger partial charge in [-0.2, -0.15) is 23.0 Å². The number of aromatic nitrogens is 2. The number of carbonyl (C=O) groups is 3. The Bertz CT molecular complexity index is 1740. The van der Waals surface area contributed by atoms with E-state index in [1.54, 1.807) is 39.0 Å². The van der Waals surface area contributed by atoms with Gasteiger partial charge < -0.3 is 23.8 Å². The molecule has 13 heteroatoms. The summed E-state index contributed by atoms with van der Waals surface area (Å²) in [7, 11) is 1.53. The van der Waals surface area contributed by atoms with Crippen molar-refractivity contribution in [1.82, 2.24) is 9.78 Å². The fourth-order valence-electron chi connectivity index (χ4n) is 4.29. The Kier molecular flexibility index (Phi) is 7.81. The number of fused-ring (bicyclic) bond motifs is 1. The van der Waals surface area contributed by atoms with Gasteiger partial charge in [-0.15, -0.1) is 0 Å². The second kappa shape index (κ2) is 11.4. The molecule has 228 valence electrons. The van der Waals surface area contributed by atoms with Crippen molar-refractivity contribution in [2.45, 2.75) is 32.5 Å². The quantitative estimate of drug-likeness (QED) is 0.174. The van der Waals surface area contributed by atoms with Gasteiger partial charge in [0.1, 0.15) is 16.9 Å². The van der Waals surface area contributed by atoms with E-state index in [0.29, 0.717) is 17.2 Å². The molecule has 0 radical (unpaired) electrons. The fourth-order valence-corrected chi connectivity index (χ4v) is 4.29. The predicted molar refractivity (Wildman–Crippen MR) is 151 cm³/mol. The number of carbonyl (C=O) groups excluding carboxylic acids is 3. The van der Waals surface area contributed by atoms with Crippen molar-refractivity contribution in [2.24, 2.45) is 0 Å². The van der Waals surface area contributed by atoms with E-state index in [0.717, 1.165) is 4.68 Å². The molecule has 0 atom stereocenters. The molecular weight excluding hydrogens is 583 g/mol. The maximum atomic E-state index is 13.9. The van der Waals surface area contributed by atoms with Crippen LogP contribution >= 0.6 is 0 Å². The first-order valence-electron chi connectivity index (χ1n) is 13.2. The highest BCUT2D eigenvalue weighted by molar-refractivity contribution is 6.06. The van der Waals surface area contributed by atoms with E-state index in [1.807, 2.05) is 0 Å². The minimum Gasteiger partial charge on any atom is -0.456 e. The number of hydrogen-bond donors (Lipinski definition) is 0. The summed E-state index contributed by atoms with van der Waals surface area (Å²) in [6.07, 6.45) is -4.99. The topological polar surface area (TPSA) is 109 Å². The van der Waals surface area contributed by atoms with Gasteiger partial charge in [-0.1, -0.05) is 6.07 Å². The zero-order valence-corrected chi connectivity index (χ0v) is 24.0. The largest absolute Gasteiger partial charge is 0.456 e. The van der Waals surface area contributed by atoms with Crippen LogP contribution in [0.25, 0.3) is 5.69 Å². The first kappa shape index (κ1) is 30.1. The summed E-state index contributed by atoms with van der Waals surface area (Å²) in [6, 6.07) is 16.1. The number of amides is 1. The van der Waals surface area contributed by atoms with Gasteiger partial charge in [0.15, 0.2) is 23.5 Å². The number of anilines is 1. The summed E-state index contributed by atoms with van der Waals surface area (Å²) in [4.78, 5) is 39.0. The molecule has 3 aromatic carbocycles. The number of esters is 1. The number of halogens is 3. The van der Waals surface area contributed by atoms with Crippen LogP contribution in [0.5, 0.6) is 23.1 Å². The monoisotopic (exact) mass is 609 g/mol. The normalized spacial score (nSPS) is 12.5. The van der Waals surface area contributed by atoms with E-state index >= 15 is 0 Å². The van der Waals surface area contributed by atoms with Gasteiger partial charge in [0, 0.05) is 24.4 Å². The highest BCUT2D eigenvalue weighted by Gasteiger charge is 2.40. The van der Waals surface area contributed by atoms with Crippen LogP contribution in [0.2, 0.25) is 0 Å². The van der Waals surface area contributed by atoms with E-state index < -0.39 is 40.8 Å². The Morgan fingerprint density at radius 3 is 2.32 bits per heavy atom. The lowest BCUT2D eigenvalue weighted by Crippen LogP contribution is -2.26. The molecule has 0 saturated heterocycles. The van der Waals surface area contributed by atoms with Crippen LogP contribution in [0.3, 0.4) is 0 Å². The maximum absolute atomic E-state index is 13.9. The Labute approximate surface area is 249 Å². The third-order valence-electron chi connectivity index (χ3n) is 6.35. The summed E-state index contributed by atoms with van der Waals surface area (Å²) >= 11 is 0. The molecule has 44 heavy (non-hydrogen) atoms. The second-order valence-corrected chi connectivity index (χ2v) is 10.7. The van der Waals surface area contributed by atoms with Crippen LogP contribution in [0, 0.1) is 0 Å². The highest BCUT2D eigenvalue weighted by atomic mass is 19.4. The van der Waals surface area contributed by atoms with Crippen molar-refractivity contribution in [1.29, 1.82) is 0 Å². The number of nitrogens with zero attached hydrogens (tertiary/aromatic N) is 3. The second-order valence-electron chi connectivity index (χ2n) is 10.7. The lowest BCUT2D eigenvalue weighted by molar-refractivity contribution is -0.141. The number of benzene rings is 3. The van der Waals surface area contributed by atoms with Gasteiger partial charge >= 0.3 is 12.1 Å². The predicted octanol–water partition coefficient (Wildman–Crippen LogP) is 6.46.